The van der Waals surface area contributed by atoms with Crippen LogP contribution in [0, 0.1) is 13.8 Å². The van der Waals surface area contributed by atoms with E-state index in [1.807, 2.05) is 19.9 Å². The Morgan fingerprint density at radius 2 is 1.85 bits per heavy atom. The Bertz CT molecular complexity index is 882. The zero-order valence-corrected chi connectivity index (χ0v) is 16.5. The molecular formula is C18H22N2O4S2. The second kappa shape index (κ2) is 7.87. The van der Waals surface area contributed by atoms with Crippen LogP contribution in [0.1, 0.15) is 25.7 Å². The predicted octanol–water partition coefficient (Wildman–Crippen LogP) is 2.32. The Morgan fingerprint density at radius 3 is 2.42 bits per heavy atom. The van der Waals surface area contributed by atoms with Crippen LogP contribution in [-0.2, 0) is 21.3 Å². The van der Waals surface area contributed by atoms with Gasteiger partial charge in [0.25, 0.3) is 5.91 Å². The maximum Gasteiger partial charge on any atom is 0.252 e. The minimum atomic E-state index is -3.49. The molecular weight excluding hydrogens is 372 g/mol. The number of carbonyl (C=O) groups excluding carboxylic acids is 1. The molecule has 0 atom stereocenters. The zero-order chi connectivity index (χ0) is 18.7. The van der Waals surface area contributed by atoms with Gasteiger partial charge in [-0.3, -0.25) is 4.79 Å². The predicted molar refractivity (Wildman–Crippen MR) is 101 cm³/mol. The van der Waals surface area contributed by atoms with Gasteiger partial charge < -0.3 is 10.1 Å². The Hall–Kier alpha value is -1.74. The van der Waals surface area contributed by atoms with Gasteiger partial charge in [0.2, 0.25) is 10.0 Å². The molecule has 140 valence electrons. The molecule has 6 nitrogen and oxygen atoms in total. The first-order chi connectivity index (χ1) is 12.4. The summed E-state index contributed by atoms with van der Waals surface area (Å²) in [5.41, 5.74) is 1.54. The van der Waals surface area contributed by atoms with E-state index in [0.717, 1.165) is 15.3 Å². The first-order valence-corrected chi connectivity index (χ1v) is 10.7. The van der Waals surface area contributed by atoms with Crippen LogP contribution < -0.4 is 5.32 Å². The molecule has 8 heteroatoms. The minimum absolute atomic E-state index is 0.114. The molecule has 0 radical (unpaired) electrons. The van der Waals surface area contributed by atoms with Crippen LogP contribution in [0.5, 0.6) is 0 Å². The minimum Gasteiger partial charge on any atom is -0.379 e. The van der Waals surface area contributed by atoms with Gasteiger partial charge in [-0.15, -0.1) is 11.3 Å². The normalized spacial score (nSPS) is 15.8. The van der Waals surface area contributed by atoms with E-state index in [0.29, 0.717) is 38.4 Å². The van der Waals surface area contributed by atoms with E-state index in [2.05, 4.69) is 5.32 Å². The average Bonchev–Trinajstić information content (AvgIpc) is 2.99. The van der Waals surface area contributed by atoms with Crippen molar-refractivity contribution in [2.45, 2.75) is 25.3 Å². The Morgan fingerprint density at radius 1 is 1.19 bits per heavy atom. The summed E-state index contributed by atoms with van der Waals surface area (Å²) in [6, 6.07) is 8.53. The molecule has 0 bridgehead atoms. The number of morpholine rings is 1. The van der Waals surface area contributed by atoms with Gasteiger partial charge in [-0.05, 0) is 37.6 Å². The topological polar surface area (TPSA) is 75.7 Å². The molecule has 1 N–H and O–H groups in total. The quantitative estimate of drug-likeness (QED) is 0.844. The van der Waals surface area contributed by atoms with Gasteiger partial charge in [0, 0.05) is 29.4 Å². The van der Waals surface area contributed by atoms with Crippen molar-refractivity contribution in [2.24, 2.45) is 0 Å². The number of aryl methyl sites for hydroxylation is 2. The fourth-order valence-electron chi connectivity index (χ4n) is 2.85. The van der Waals surface area contributed by atoms with Crippen LogP contribution in [0.15, 0.2) is 35.2 Å². The van der Waals surface area contributed by atoms with E-state index in [1.54, 1.807) is 35.6 Å². The highest BCUT2D eigenvalue weighted by atomic mass is 32.2. The van der Waals surface area contributed by atoms with E-state index >= 15 is 0 Å². The fourth-order valence-corrected chi connectivity index (χ4v) is 5.18. The van der Waals surface area contributed by atoms with Crippen LogP contribution in [-0.4, -0.2) is 44.9 Å². The third-order valence-electron chi connectivity index (χ3n) is 4.27. The second-order valence-electron chi connectivity index (χ2n) is 6.17. The van der Waals surface area contributed by atoms with Gasteiger partial charge in [0.15, 0.2) is 0 Å². The smallest absolute Gasteiger partial charge is 0.252 e. The highest BCUT2D eigenvalue weighted by molar-refractivity contribution is 7.89. The maximum absolute atomic E-state index is 12.6. The van der Waals surface area contributed by atoms with Crippen molar-refractivity contribution in [1.29, 1.82) is 0 Å². The van der Waals surface area contributed by atoms with Gasteiger partial charge in [0.1, 0.15) is 0 Å². The first-order valence-electron chi connectivity index (χ1n) is 8.40. The Balaban J connectivity index is 1.64. The molecule has 1 aliphatic rings. The first kappa shape index (κ1) is 19.0. The van der Waals surface area contributed by atoms with E-state index < -0.39 is 10.0 Å². The van der Waals surface area contributed by atoms with Crippen LogP contribution in [0.4, 0.5) is 0 Å². The lowest BCUT2D eigenvalue weighted by Gasteiger charge is -2.26. The average molecular weight is 395 g/mol. The second-order valence-corrected chi connectivity index (χ2v) is 9.57. The number of hydrogen-bond donors (Lipinski definition) is 1. The summed E-state index contributed by atoms with van der Waals surface area (Å²) < 4.78 is 31.8. The monoisotopic (exact) mass is 394 g/mol. The number of ether oxygens (including phenoxy) is 1. The summed E-state index contributed by atoms with van der Waals surface area (Å²) in [4.78, 5) is 14.6. The Labute approximate surface area is 157 Å². The molecule has 2 aromatic rings. The van der Waals surface area contributed by atoms with Crippen LogP contribution in [0.25, 0.3) is 0 Å². The standard InChI is InChI=1S/C18H22N2O4S2/c1-13-11-17(14(2)25-13)18(21)19-12-15-3-5-16(6-4-15)26(22,23)20-7-9-24-10-8-20/h3-6,11H,7-10,12H2,1-2H3,(H,19,21). The SMILES string of the molecule is Cc1cc(C(=O)NCc2ccc(S(=O)(=O)N3CCOCC3)cc2)c(C)s1. The van der Waals surface area contributed by atoms with Crippen molar-refractivity contribution in [3.63, 3.8) is 0 Å². The van der Waals surface area contributed by atoms with E-state index in [-0.39, 0.29) is 10.8 Å². The number of thiophene rings is 1. The molecule has 0 saturated carbocycles. The summed E-state index contributed by atoms with van der Waals surface area (Å²) in [7, 11) is -3.49. The Kier molecular flexibility index (Phi) is 5.76. The lowest BCUT2D eigenvalue weighted by Crippen LogP contribution is -2.40. The molecule has 1 amide bonds. The molecule has 1 aromatic heterocycles. The summed E-state index contributed by atoms with van der Waals surface area (Å²) in [6.45, 7) is 5.85. The molecule has 1 aromatic carbocycles. The van der Waals surface area contributed by atoms with Gasteiger partial charge >= 0.3 is 0 Å². The number of nitrogens with one attached hydrogen (secondary N) is 1. The van der Waals surface area contributed by atoms with Crippen molar-refractivity contribution >= 4 is 27.3 Å². The largest absolute Gasteiger partial charge is 0.379 e. The number of nitrogens with zero attached hydrogens (tertiary/aromatic N) is 1. The van der Waals surface area contributed by atoms with Gasteiger partial charge in [-0.25, -0.2) is 8.42 Å². The van der Waals surface area contributed by atoms with Crippen molar-refractivity contribution in [1.82, 2.24) is 9.62 Å². The number of amides is 1. The van der Waals surface area contributed by atoms with Crippen LogP contribution in [0.2, 0.25) is 0 Å². The number of hydrogen-bond acceptors (Lipinski definition) is 5. The molecule has 0 aliphatic carbocycles. The lowest BCUT2D eigenvalue weighted by atomic mass is 10.2. The van der Waals surface area contributed by atoms with E-state index in [9.17, 15) is 13.2 Å². The zero-order valence-electron chi connectivity index (χ0n) is 14.8. The third kappa shape index (κ3) is 4.15. The molecule has 0 spiro atoms. The van der Waals surface area contributed by atoms with E-state index in [4.69, 9.17) is 4.74 Å². The van der Waals surface area contributed by atoms with Crippen molar-refractivity contribution in [2.75, 3.05) is 26.3 Å². The van der Waals surface area contributed by atoms with Crippen molar-refractivity contribution < 1.29 is 17.9 Å². The number of benzene rings is 1. The molecule has 0 unspecified atom stereocenters. The van der Waals surface area contributed by atoms with E-state index in [1.165, 1.54) is 4.31 Å². The maximum atomic E-state index is 12.6. The highest BCUT2D eigenvalue weighted by Gasteiger charge is 2.26. The van der Waals surface area contributed by atoms with Crippen molar-refractivity contribution in [3.8, 4) is 0 Å². The highest BCUT2D eigenvalue weighted by Crippen LogP contribution is 2.21. The van der Waals surface area contributed by atoms with Crippen molar-refractivity contribution in [3.05, 3.63) is 51.2 Å². The molecule has 1 fully saturated rings. The molecule has 26 heavy (non-hydrogen) atoms. The van der Waals surface area contributed by atoms with Crippen LogP contribution >= 0.6 is 11.3 Å². The number of carbonyl (C=O) groups is 1. The summed E-state index contributed by atoms with van der Waals surface area (Å²) in [6.07, 6.45) is 0. The molecule has 1 aliphatic heterocycles. The number of rotatable bonds is 5. The van der Waals surface area contributed by atoms with Gasteiger partial charge in [-0.1, -0.05) is 12.1 Å². The lowest BCUT2D eigenvalue weighted by molar-refractivity contribution is 0.0730. The molecule has 3 rings (SSSR count). The van der Waals surface area contributed by atoms with Gasteiger partial charge in [0.05, 0.1) is 23.7 Å². The summed E-state index contributed by atoms with van der Waals surface area (Å²) in [5, 5.41) is 2.88. The summed E-state index contributed by atoms with van der Waals surface area (Å²) in [5.74, 6) is -0.114. The third-order valence-corrected chi connectivity index (χ3v) is 7.15. The fraction of sp³-hybridized carbons (Fsp3) is 0.389. The van der Waals surface area contributed by atoms with Crippen LogP contribution in [0.3, 0.4) is 0 Å². The van der Waals surface area contributed by atoms with Gasteiger partial charge in [-0.2, -0.15) is 4.31 Å². The summed E-state index contributed by atoms with van der Waals surface area (Å²) >= 11 is 1.60. The molecule has 1 saturated heterocycles. The number of sulfonamides is 1. The molecule has 2 heterocycles.